The van der Waals surface area contributed by atoms with Gasteiger partial charge in [0, 0.05) is 23.0 Å². The van der Waals surface area contributed by atoms with E-state index in [0.29, 0.717) is 19.3 Å². The van der Waals surface area contributed by atoms with Crippen LogP contribution in [-0.4, -0.2) is 42.9 Å². The molecule has 8 nitrogen and oxygen atoms in total. The lowest BCUT2D eigenvalue weighted by Crippen LogP contribution is -2.49. The summed E-state index contributed by atoms with van der Waals surface area (Å²) in [6.07, 6.45) is 1.37. The molecule has 3 amide bonds. The molecule has 2 aliphatic rings. The maximum atomic E-state index is 15.8. The molecule has 11 heteroatoms. The van der Waals surface area contributed by atoms with E-state index in [-0.39, 0.29) is 34.7 Å². The average Bonchev–Trinajstić information content (AvgIpc) is 3.34. The van der Waals surface area contributed by atoms with Crippen LogP contribution in [0.5, 0.6) is 0 Å². The number of hydrogen-bond donors (Lipinski definition) is 3. The molecule has 0 bridgehead atoms. The van der Waals surface area contributed by atoms with Gasteiger partial charge in [-0.05, 0) is 55.2 Å². The molecule has 4 rings (SSSR count). The number of alkyl carbamates (subject to hydrolysis) is 1. The molecule has 1 aliphatic heterocycles. The van der Waals surface area contributed by atoms with Crippen LogP contribution in [0.3, 0.4) is 0 Å². The number of aldehydes is 1. The third-order valence-electron chi connectivity index (χ3n) is 7.94. The van der Waals surface area contributed by atoms with E-state index in [1.165, 1.54) is 30.3 Å². The molecular weight excluding hydrogens is 556 g/mol. The first-order valence-corrected chi connectivity index (χ1v) is 14.1. The smallest absolute Gasteiger partial charge is 0.408 e. The summed E-state index contributed by atoms with van der Waals surface area (Å²) in [5.74, 6) is -4.92. The number of carbonyl (C=O) groups is 4. The van der Waals surface area contributed by atoms with Crippen molar-refractivity contribution in [3.8, 4) is 0 Å². The maximum absolute atomic E-state index is 15.8. The average molecular weight is 590 g/mol. The minimum absolute atomic E-state index is 0.110. The van der Waals surface area contributed by atoms with Crippen LogP contribution in [0.2, 0.25) is 5.02 Å². The van der Waals surface area contributed by atoms with Crippen LogP contribution in [0.25, 0.3) is 0 Å². The summed E-state index contributed by atoms with van der Waals surface area (Å²) < 4.78 is 37.2. The number of rotatable bonds is 12. The molecule has 4 atom stereocenters. The van der Waals surface area contributed by atoms with E-state index in [0.717, 1.165) is 25.3 Å². The third kappa shape index (κ3) is 7.61. The Balaban J connectivity index is 1.52. The molecule has 220 valence electrons. The van der Waals surface area contributed by atoms with Crippen LogP contribution in [0.1, 0.15) is 62.6 Å². The molecular formula is C30H34ClF2N3O5. The van der Waals surface area contributed by atoms with Gasteiger partial charge in [-0.25, -0.2) is 4.79 Å². The zero-order valence-electron chi connectivity index (χ0n) is 22.7. The van der Waals surface area contributed by atoms with Crippen molar-refractivity contribution in [1.29, 1.82) is 0 Å². The summed E-state index contributed by atoms with van der Waals surface area (Å²) in [5, 5.41) is 7.66. The minimum Gasteiger partial charge on any atom is -0.436 e. The van der Waals surface area contributed by atoms with Gasteiger partial charge in [-0.2, -0.15) is 8.78 Å². The lowest BCUT2D eigenvalue weighted by atomic mass is 9.67. The highest BCUT2D eigenvalue weighted by atomic mass is 35.5. The quantitative estimate of drug-likeness (QED) is 0.300. The van der Waals surface area contributed by atoms with Gasteiger partial charge < -0.3 is 25.5 Å². The second kappa shape index (κ2) is 13.0. The first-order valence-electron chi connectivity index (χ1n) is 13.7. The molecule has 3 N–H and O–H groups in total. The molecule has 1 aliphatic carbocycles. The Hall–Kier alpha value is -3.53. The molecule has 2 aromatic carbocycles. The normalized spacial score (nSPS) is 20.1. The summed E-state index contributed by atoms with van der Waals surface area (Å²) in [4.78, 5) is 50.2. The Bertz CT molecular complexity index is 1260. The van der Waals surface area contributed by atoms with Gasteiger partial charge in [0.2, 0.25) is 5.91 Å². The molecule has 0 aromatic heterocycles. The predicted molar refractivity (Wildman–Crippen MR) is 148 cm³/mol. The van der Waals surface area contributed by atoms with Crippen molar-refractivity contribution in [2.75, 3.05) is 6.54 Å². The monoisotopic (exact) mass is 589 g/mol. The summed E-state index contributed by atoms with van der Waals surface area (Å²) in [5.41, 5.74) is -0.564. The van der Waals surface area contributed by atoms with Crippen molar-refractivity contribution in [1.82, 2.24) is 16.0 Å². The van der Waals surface area contributed by atoms with E-state index >= 15 is 8.78 Å². The summed E-state index contributed by atoms with van der Waals surface area (Å²) in [6, 6.07) is 10.1. The number of amides is 3. The standard InChI is InChI=1S/C30H34ClF2N3O5/c1-29(12-6-13-29)17-24(27(39)35-23(18-37)15-20-11-14-34-26(20)38)41-28(40)36-25(19-7-3-2-4-8-19)30(32,33)21-9-5-10-22(31)16-21/h2-5,7-10,16,18,20,23-25H,6,11-15,17H2,1H3,(H,34,38)(H,35,39)(H,36,40)/t20-,23-,24?,25?/m0/s1. The number of carbonyl (C=O) groups excluding carboxylic acids is 4. The zero-order valence-corrected chi connectivity index (χ0v) is 23.5. The van der Waals surface area contributed by atoms with Crippen LogP contribution < -0.4 is 16.0 Å². The summed E-state index contributed by atoms with van der Waals surface area (Å²) in [7, 11) is 0. The number of nitrogens with one attached hydrogen (secondary N) is 3. The lowest BCUT2D eigenvalue weighted by molar-refractivity contribution is -0.134. The second-order valence-electron chi connectivity index (χ2n) is 11.1. The number of ether oxygens (including phenoxy) is 1. The topological polar surface area (TPSA) is 114 Å². The number of alkyl halides is 2. The van der Waals surface area contributed by atoms with Crippen molar-refractivity contribution in [3.05, 3.63) is 70.7 Å². The number of hydrogen-bond acceptors (Lipinski definition) is 5. The van der Waals surface area contributed by atoms with Crippen LogP contribution in [0.4, 0.5) is 13.6 Å². The maximum Gasteiger partial charge on any atom is 0.408 e. The van der Waals surface area contributed by atoms with E-state index in [4.69, 9.17) is 16.3 Å². The summed E-state index contributed by atoms with van der Waals surface area (Å²) in [6.45, 7) is 2.45. The van der Waals surface area contributed by atoms with Crippen LogP contribution in [-0.2, 0) is 25.0 Å². The van der Waals surface area contributed by atoms with E-state index in [1.54, 1.807) is 18.2 Å². The Morgan fingerprint density at radius 2 is 1.90 bits per heavy atom. The molecule has 0 spiro atoms. The van der Waals surface area contributed by atoms with Gasteiger partial charge in [0.25, 0.3) is 11.8 Å². The van der Waals surface area contributed by atoms with Crippen LogP contribution in [0, 0.1) is 11.3 Å². The Morgan fingerprint density at radius 1 is 1.17 bits per heavy atom. The fraction of sp³-hybridized carbons (Fsp3) is 0.467. The number of halogens is 3. The predicted octanol–water partition coefficient (Wildman–Crippen LogP) is 5.06. The Morgan fingerprint density at radius 3 is 2.49 bits per heavy atom. The highest BCUT2D eigenvalue weighted by Crippen LogP contribution is 2.45. The first-order chi connectivity index (χ1) is 19.5. The molecule has 0 radical (unpaired) electrons. The summed E-state index contributed by atoms with van der Waals surface area (Å²) >= 11 is 5.97. The van der Waals surface area contributed by atoms with Crippen LogP contribution in [0.15, 0.2) is 54.6 Å². The molecule has 41 heavy (non-hydrogen) atoms. The first kappa shape index (κ1) is 30.4. The highest BCUT2D eigenvalue weighted by molar-refractivity contribution is 6.30. The van der Waals surface area contributed by atoms with Crippen molar-refractivity contribution < 1.29 is 32.7 Å². The Kier molecular flexibility index (Phi) is 9.63. The molecule has 1 saturated carbocycles. The molecule has 2 fully saturated rings. The van der Waals surface area contributed by atoms with Gasteiger partial charge in [0.15, 0.2) is 6.10 Å². The van der Waals surface area contributed by atoms with Gasteiger partial charge in [-0.3, -0.25) is 9.59 Å². The van der Waals surface area contributed by atoms with Gasteiger partial charge >= 0.3 is 6.09 Å². The van der Waals surface area contributed by atoms with Gasteiger partial charge in [0.05, 0.1) is 6.04 Å². The SMILES string of the molecule is CC1(CC(OC(=O)NC(c2ccccc2)C(F)(F)c2cccc(Cl)c2)C(=O)N[C@H](C=O)C[C@@H]2CCNC2=O)CCC1. The molecule has 2 unspecified atom stereocenters. The Labute approximate surface area is 242 Å². The van der Waals surface area contributed by atoms with Crippen molar-refractivity contribution in [3.63, 3.8) is 0 Å². The van der Waals surface area contributed by atoms with E-state index in [1.807, 2.05) is 6.92 Å². The van der Waals surface area contributed by atoms with Gasteiger partial charge in [0.1, 0.15) is 12.3 Å². The fourth-order valence-electron chi connectivity index (χ4n) is 5.39. The molecule has 1 heterocycles. The van der Waals surface area contributed by atoms with Gasteiger partial charge in [-0.15, -0.1) is 0 Å². The van der Waals surface area contributed by atoms with E-state index in [2.05, 4.69) is 16.0 Å². The van der Waals surface area contributed by atoms with Crippen molar-refractivity contribution in [2.24, 2.45) is 11.3 Å². The molecule has 2 aromatic rings. The second-order valence-corrected chi connectivity index (χ2v) is 11.6. The van der Waals surface area contributed by atoms with Crippen LogP contribution >= 0.6 is 11.6 Å². The lowest BCUT2D eigenvalue weighted by Gasteiger charge is -2.40. The molecule has 1 saturated heterocycles. The van der Waals surface area contributed by atoms with Crippen molar-refractivity contribution >= 4 is 35.8 Å². The highest BCUT2D eigenvalue weighted by Gasteiger charge is 2.45. The van der Waals surface area contributed by atoms with E-state index in [9.17, 15) is 19.2 Å². The third-order valence-corrected chi connectivity index (χ3v) is 8.18. The largest absolute Gasteiger partial charge is 0.436 e. The zero-order chi connectivity index (χ0) is 29.6. The number of benzene rings is 2. The fourth-order valence-corrected chi connectivity index (χ4v) is 5.58. The van der Waals surface area contributed by atoms with Crippen molar-refractivity contribution in [2.45, 2.75) is 69.6 Å². The van der Waals surface area contributed by atoms with Gasteiger partial charge in [-0.1, -0.05) is 67.4 Å². The van der Waals surface area contributed by atoms with E-state index < -0.39 is 47.6 Å². The minimum atomic E-state index is -3.59.